The normalized spacial score (nSPS) is 10.6. The van der Waals surface area contributed by atoms with Gasteiger partial charge in [-0.25, -0.2) is 0 Å². The lowest BCUT2D eigenvalue weighted by atomic mass is 10.0. The van der Waals surface area contributed by atoms with E-state index in [0.717, 1.165) is 11.1 Å². The smallest absolute Gasteiger partial charge is 0.142 e. The van der Waals surface area contributed by atoms with Gasteiger partial charge in [0.05, 0.1) is 11.4 Å². The number of para-hydroxylation sites is 2. The van der Waals surface area contributed by atoms with Crippen molar-refractivity contribution in [3.63, 3.8) is 0 Å². The number of benzene rings is 4. The molecule has 0 aliphatic carbocycles. The van der Waals surface area contributed by atoms with Crippen molar-refractivity contribution in [2.24, 2.45) is 0 Å². The first-order valence-corrected chi connectivity index (χ1v) is 9.68. The van der Waals surface area contributed by atoms with Crippen LogP contribution in [0.2, 0.25) is 0 Å². The molecule has 6 N–H and O–H groups in total. The average molecular weight is 414 g/mol. The molecule has 4 aromatic carbocycles. The maximum absolute atomic E-state index is 9.85. The van der Waals surface area contributed by atoms with Crippen LogP contribution in [-0.4, -0.2) is 10.2 Å². The van der Waals surface area contributed by atoms with Crippen molar-refractivity contribution >= 4 is 11.4 Å². The minimum Gasteiger partial charge on any atom is -0.506 e. The van der Waals surface area contributed by atoms with E-state index < -0.39 is 0 Å². The highest BCUT2D eigenvalue weighted by Gasteiger charge is 2.11. The zero-order chi connectivity index (χ0) is 21.8. The first-order chi connectivity index (χ1) is 15.0. The predicted molar refractivity (Wildman–Crippen MR) is 121 cm³/mol. The molecule has 4 aromatic rings. The second-order valence-corrected chi connectivity index (χ2v) is 7.04. The van der Waals surface area contributed by atoms with E-state index >= 15 is 0 Å². The van der Waals surface area contributed by atoms with Gasteiger partial charge in [0, 0.05) is 18.6 Å². The molecule has 0 aliphatic rings. The molecule has 0 radical (unpaired) electrons. The van der Waals surface area contributed by atoms with Gasteiger partial charge in [0.1, 0.15) is 34.5 Å². The molecular weight excluding hydrogens is 392 g/mol. The van der Waals surface area contributed by atoms with Gasteiger partial charge in [-0.3, -0.25) is 0 Å². The Kier molecular flexibility index (Phi) is 5.53. The molecule has 31 heavy (non-hydrogen) atoms. The number of phenols is 2. The Morgan fingerprint density at radius 3 is 1.42 bits per heavy atom. The maximum atomic E-state index is 9.85. The molecule has 6 heteroatoms. The lowest BCUT2D eigenvalue weighted by Gasteiger charge is -2.15. The fraction of sp³-hybridized carbons (Fsp3) is 0.0400. The lowest BCUT2D eigenvalue weighted by Crippen LogP contribution is -1.97. The van der Waals surface area contributed by atoms with Gasteiger partial charge in [0.25, 0.3) is 0 Å². The number of aromatic hydroxyl groups is 2. The molecule has 0 atom stereocenters. The van der Waals surface area contributed by atoms with Crippen LogP contribution in [0.3, 0.4) is 0 Å². The highest BCUT2D eigenvalue weighted by Crippen LogP contribution is 2.34. The molecule has 0 bridgehead atoms. The molecule has 0 saturated carbocycles. The van der Waals surface area contributed by atoms with Gasteiger partial charge in [-0.15, -0.1) is 0 Å². The number of phenolic OH excluding ortho intramolecular Hbond substituents is 2. The summed E-state index contributed by atoms with van der Waals surface area (Å²) in [6.45, 7) is 0. The Morgan fingerprint density at radius 1 is 0.581 bits per heavy atom. The van der Waals surface area contributed by atoms with E-state index in [9.17, 15) is 10.2 Å². The summed E-state index contributed by atoms with van der Waals surface area (Å²) in [4.78, 5) is 0. The minimum absolute atomic E-state index is 0.0273. The highest BCUT2D eigenvalue weighted by molar-refractivity contribution is 5.56. The third-order valence-corrected chi connectivity index (χ3v) is 4.79. The quantitative estimate of drug-likeness (QED) is 0.247. The third-order valence-electron chi connectivity index (χ3n) is 4.79. The fourth-order valence-corrected chi connectivity index (χ4v) is 3.13. The molecule has 156 valence electrons. The largest absolute Gasteiger partial charge is 0.506 e. The van der Waals surface area contributed by atoms with Crippen LogP contribution in [0, 0.1) is 0 Å². The first kappa shape index (κ1) is 20.0. The van der Waals surface area contributed by atoms with E-state index in [1.165, 1.54) is 12.1 Å². The SMILES string of the molecule is Nc1ccc(Oc2ccccc2Cc2ccccc2Oc2ccc(N)c(O)c2)cc1O. The monoisotopic (exact) mass is 414 g/mol. The Morgan fingerprint density at radius 2 is 1.00 bits per heavy atom. The van der Waals surface area contributed by atoms with Crippen LogP contribution < -0.4 is 20.9 Å². The zero-order valence-corrected chi connectivity index (χ0v) is 16.7. The summed E-state index contributed by atoms with van der Waals surface area (Å²) in [7, 11) is 0. The van der Waals surface area contributed by atoms with Gasteiger partial charge in [-0.1, -0.05) is 36.4 Å². The van der Waals surface area contributed by atoms with Crippen molar-refractivity contribution in [3.8, 4) is 34.5 Å². The lowest BCUT2D eigenvalue weighted by molar-refractivity contribution is 0.452. The number of anilines is 2. The van der Waals surface area contributed by atoms with Crippen molar-refractivity contribution < 1.29 is 19.7 Å². The van der Waals surface area contributed by atoms with Crippen LogP contribution in [0.4, 0.5) is 11.4 Å². The van der Waals surface area contributed by atoms with Crippen molar-refractivity contribution in [1.82, 2.24) is 0 Å². The first-order valence-electron chi connectivity index (χ1n) is 9.68. The van der Waals surface area contributed by atoms with Crippen molar-refractivity contribution in [3.05, 3.63) is 96.1 Å². The summed E-state index contributed by atoms with van der Waals surface area (Å²) in [5, 5.41) is 19.7. The standard InChI is InChI=1S/C25H22N2O4/c26-20-11-9-18(14-22(20)28)30-24-7-3-1-5-16(24)13-17-6-2-4-8-25(17)31-19-10-12-21(27)23(29)15-19/h1-12,14-15,28-29H,13,26-27H2. The molecule has 6 nitrogen and oxygen atoms in total. The van der Waals surface area contributed by atoms with Crippen molar-refractivity contribution in [2.45, 2.75) is 6.42 Å². The second-order valence-electron chi connectivity index (χ2n) is 7.04. The molecule has 0 fully saturated rings. The average Bonchev–Trinajstić information content (AvgIpc) is 2.76. The summed E-state index contributed by atoms with van der Waals surface area (Å²) in [6.07, 6.45) is 0.550. The van der Waals surface area contributed by atoms with Crippen LogP contribution in [0.5, 0.6) is 34.5 Å². The van der Waals surface area contributed by atoms with Crippen molar-refractivity contribution in [2.75, 3.05) is 11.5 Å². The van der Waals surface area contributed by atoms with E-state index in [4.69, 9.17) is 20.9 Å². The van der Waals surface area contributed by atoms with Gasteiger partial charge in [0.15, 0.2) is 0 Å². The number of nitrogens with two attached hydrogens (primary N) is 2. The van der Waals surface area contributed by atoms with E-state index in [0.29, 0.717) is 40.8 Å². The van der Waals surface area contributed by atoms with E-state index in [1.54, 1.807) is 24.3 Å². The Bertz CT molecular complexity index is 1130. The Labute approximate surface area is 179 Å². The number of hydrogen-bond acceptors (Lipinski definition) is 6. The van der Waals surface area contributed by atoms with E-state index in [-0.39, 0.29) is 11.5 Å². The summed E-state index contributed by atoms with van der Waals surface area (Å²) < 4.78 is 12.0. The number of rotatable bonds is 6. The minimum atomic E-state index is -0.0273. The molecule has 0 saturated heterocycles. The Balaban J connectivity index is 1.60. The molecule has 0 aliphatic heterocycles. The van der Waals surface area contributed by atoms with E-state index in [2.05, 4.69) is 0 Å². The van der Waals surface area contributed by atoms with Crippen LogP contribution >= 0.6 is 0 Å². The molecule has 0 spiro atoms. The zero-order valence-electron chi connectivity index (χ0n) is 16.7. The fourth-order valence-electron chi connectivity index (χ4n) is 3.13. The molecule has 0 heterocycles. The molecule has 4 rings (SSSR count). The molecular formula is C25H22N2O4. The van der Waals surface area contributed by atoms with Gasteiger partial charge < -0.3 is 31.2 Å². The molecule has 0 amide bonds. The number of hydrogen-bond donors (Lipinski definition) is 4. The van der Waals surface area contributed by atoms with Crippen LogP contribution in [0.15, 0.2) is 84.9 Å². The predicted octanol–water partition coefficient (Wildman–Crippen LogP) is 5.44. The van der Waals surface area contributed by atoms with Crippen molar-refractivity contribution in [1.29, 1.82) is 0 Å². The van der Waals surface area contributed by atoms with Gasteiger partial charge in [-0.05, 0) is 47.5 Å². The van der Waals surface area contributed by atoms with Gasteiger partial charge in [0.2, 0.25) is 0 Å². The van der Waals surface area contributed by atoms with Gasteiger partial charge >= 0.3 is 0 Å². The van der Waals surface area contributed by atoms with Crippen LogP contribution in [0.1, 0.15) is 11.1 Å². The maximum Gasteiger partial charge on any atom is 0.142 e. The summed E-state index contributed by atoms with van der Waals surface area (Å²) >= 11 is 0. The molecule has 0 aromatic heterocycles. The number of nitrogen functional groups attached to an aromatic ring is 2. The van der Waals surface area contributed by atoms with Gasteiger partial charge in [-0.2, -0.15) is 0 Å². The third kappa shape index (κ3) is 4.64. The summed E-state index contributed by atoms with van der Waals surface area (Å²) in [5.74, 6) is 2.24. The summed E-state index contributed by atoms with van der Waals surface area (Å²) in [6, 6.07) is 24.9. The van der Waals surface area contributed by atoms with Crippen LogP contribution in [0.25, 0.3) is 0 Å². The second kappa shape index (κ2) is 8.59. The van der Waals surface area contributed by atoms with E-state index in [1.807, 2.05) is 48.5 Å². The summed E-state index contributed by atoms with van der Waals surface area (Å²) in [5.41, 5.74) is 13.8. The number of ether oxygens (including phenoxy) is 2. The van der Waals surface area contributed by atoms with Crippen LogP contribution in [-0.2, 0) is 6.42 Å². The Hall–Kier alpha value is -4.32. The molecule has 0 unspecified atom stereocenters. The topological polar surface area (TPSA) is 111 Å². The highest BCUT2D eigenvalue weighted by atomic mass is 16.5.